The summed E-state index contributed by atoms with van der Waals surface area (Å²) >= 11 is 0. The van der Waals surface area contributed by atoms with Gasteiger partial charge in [0.25, 0.3) is 0 Å². The van der Waals surface area contributed by atoms with E-state index in [0.717, 1.165) is 11.3 Å². The minimum absolute atomic E-state index is 0.0248. The molecule has 4 heteroatoms. The normalized spacial score (nSPS) is 11.8. The number of carbonyl (C=O) groups excluding carboxylic acids is 1. The number of Topliss-reactive ketones (excluding diaryl/α,β-unsaturated/α-hetero) is 1. The lowest BCUT2D eigenvalue weighted by Gasteiger charge is -2.02. The van der Waals surface area contributed by atoms with Gasteiger partial charge in [0, 0.05) is 11.8 Å². The fourth-order valence-corrected chi connectivity index (χ4v) is 2.16. The van der Waals surface area contributed by atoms with Gasteiger partial charge >= 0.3 is 0 Å². The summed E-state index contributed by atoms with van der Waals surface area (Å²) in [5.74, 6) is -0.0248. The Morgan fingerprint density at radius 2 is 2.00 bits per heavy atom. The number of aromatic nitrogens is 3. The van der Waals surface area contributed by atoms with Crippen LogP contribution in [0.3, 0.4) is 0 Å². The first kappa shape index (κ1) is 13.2. The van der Waals surface area contributed by atoms with E-state index < -0.39 is 0 Å². The maximum Gasteiger partial charge on any atom is 0.192 e. The van der Waals surface area contributed by atoms with Crippen LogP contribution in [0.1, 0.15) is 24.2 Å². The van der Waals surface area contributed by atoms with E-state index >= 15 is 0 Å². The molecule has 2 aromatic heterocycles. The Bertz CT molecular complexity index is 832. The summed E-state index contributed by atoms with van der Waals surface area (Å²) in [5.41, 5.74) is 4.24. The van der Waals surface area contributed by atoms with E-state index in [-0.39, 0.29) is 5.78 Å². The fraction of sp³-hybridized carbons (Fsp3) is 0.118. The van der Waals surface area contributed by atoms with Crippen LogP contribution in [-0.2, 0) is 0 Å². The van der Waals surface area contributed by atoms with Gasteiger partial charge < -0.3 is 4.98 Å². The number of rotatable bonds is 3. The molecule has 3 aromatic rings. The van der Waals surface area contributed by atoms with Crippen molar-refractivity contribution >= 4 is 16.9 Å². The number of ketones is 1. The highest BCUT2D eigenvalue weighted by atomic mass is 16.1. The third kappa shape index (κ3) is 2.36. The number of carbonyl (C=O) groups is 1. The maximum absolute atomic E-state index is 12.3. The molecular weight excluding hydrogens is 262 g/mol. The van der Waals surface area contributed by atoms with Gasteiger partial charge in [0.05, 0.1) is 17.5 Å². The molecule has 2 heterocycles. The minimum atomic E-state index is -0.0248. The molecule has 1 N–H and O–H groups in total. The minimum Gasteiger partial charge on any atom is -0.344 e. The van der Waals surface area contributed by atoms with Crippen LogP contribution in [0.25, 0.3) is 22.4 Å². The van der Waals surface area contributed by atoms with E-state index in [4.69, 9.17) is 0 Å². The van der Waals surface area contributed by atoms with Crippen LogP contribution >= 0.6 is 0 Å². The van der Waals surface area contributed by atoms with Crippen LogP contribution in [0.4, 0.5) is 0 Å². The van der Waals surface area contributed by atoms with Crippen molar-refractivity contribution in [2.24, 2.45) is 0 Å². The summed E-state index contributed by atoms with van der Waals surface area (Å²) in [4.78, 5) is 24.3. The Hall–Kier alpha value is -2.75. The molecule has 0 amide bonds. The van der Waals surface area contributed by atoms with Crippen LogP contribution in [0.15, 0.2) is 54.4 Å². The van der Waals surface area contributed by atoms with Gasteiger partial charge in [0.1, 0.15) is 5.52 Å². The second kappa shape index (κ2) is 5.32. The molecule has 0 radical (unpaired) electrons. The number of nitrogens with one attached hydrogen (secondary N) is 1. The number of allylic oxidation sites excluding steroid dienone is 2. The highest BCUT2D eigenvalue weighted by Crippen LogP contribution is 2.22. The Kier molecular flexibility index (Phi) is 3.36. The molecule has 4 nitrogen and oxygen atoms in total. The van der Waals surface area contributed by atoms with Crippen molar-refractivity contribution in [3.8, 4) is 11.3 Å². The van der Waals surface area contributed by atoms with Crippen molar-refractivity contribution in [2.75, 3.05) is 0 Å². The molecule has 0 spiro atoms. The predicted octanol–water partition coefficient (Wildman–Crippen LogP) is 3.77. The van der Waals surface area contributed by atoms with Crippen molar-refractivity contribution in [1.82, 2.24) is 15.0 Å². The Morgan fingerprint density at radius 1 is 1.24 bits per heavy atom. The number of hydrogen-bond acceptors (Lipinski definition) is 3. The van der Waals surface area contributed by atoms with Gasteiger partial charge in [0.2, 0.25) is 0 Å². The first-order chi connectivity index (χ1) is 10.2. The summed E-state index contributed by atoms with van der Waals surface area (Å²) in [5, 5.41) is 0. The number of nitrogens with zero attached hydrogens (tertiary/aromatic N) is 2. The van der Waals surface area contributed by atoms with Gasteiger partial charge in [-0.1, -0.05) is 36.4 Å². The molecule has 3 rings (SSSR count). The Balaban J connectivity index is 2.15. The van der Waals surface area contributed by atoms with Crippen molar-refractivity contribution in [2.45, 2.75) is 13.8 Å². The molecule has 0 saturated carbocycles. The van der Waals surface area contributed by atoms with Crippen molar-refractivity contribution < 1.29 is 4.79 Å². The Morgan fingerprint density at radius 3 is 2.71 bits per heavy atom. The van der Waals surface area contributed by atoms with Gasteiger partial charge in [-0.2, -0.15) is 0 Å². The van der Waals surface area contributed by atoms with E-state index in [9.17, 15) is 4.79 Å². The number of H-pyrrole nitrogens is 1. The van der Waals surface area contributed by atoms with E-state index in [1.54, 1.807) is 25.4 Å². The lowest BCUT2D eigenvalue weighted by atomic mass is 10.1. The zero-order chi connectivity index (χ0) is 14.8. The van der Waals surface area contributed by atoms with Gasteiger partial charge in [-0.25, -0.2) is 9.97 Å². The molecule has 0 aliphatic heterocycles. The number of fused-ring (bicyclic) bond motifs is 1. The van der Waals surface area contributed by atoms with E-state index in [0.29, 0.717) is 22.3 Å². The van der Waals surface area contributed by atoms with Gasteiger partial charge in [-0.05, 0) is 19.4 Å². The molecular formula is C17H15N3O. The van der Waals surface area contributed by atoms with Crippen molar-refractivity contribution in [3.63, 3.8) is 0 Å². The van der Waals surface area contributed by atoms with Crippen LogP contribution in [-0.4, -0.2) is 20.7 Å². The number of benzene rings is 1. The highest BCUT2D eigenvalue weighted by Gasteiger charge is 2.16. The molecule has 1 aromatic carbocycles. The summed E-state index contributed by atoms with van der Waals surface area (Å²) < 4.78 is 0. The Labute approximate surface area is 122 Å². The maximum atomic E-state index is 12.3. The molecule has 21 heavy (non-hydrogen) atoms. The molecule has 0 saturated heterocycles. The van der Waals surface area contributed by atoms with Crippen LogP contribution in [0.2, 0.25) is 0 Å². The zero-order valence-electron chi connectivity index (χ0n) is 11.9. The third-order valence-corrected chi connectivity index (χ3v) is 3.49. The quantitative estimate of drug-likeness (QED) is 0.585. The average molecular weight is 277 g/mol. The summed E-state index contributed by atoms with van der Waals surface area (Å²) in [7, 11) is 0. The summed E-state index contributed by atoms with van der Waals surface area (Å²) in [6.07, 6.45) is 5.19. The van der Waals surface area contributed by atoms with Crippen molar-refractivity contribution in [1.29, 1.82) is 0 Å². The first-order valence-electron chi connectivity index (χ1n) is 6.78. The smallest absolute Gasteiger partial charge is 0.192 e. The molecule has 0 aliphatic carbocycles. The predicted molar refractivity (Wildman–Crippen MR) is 83.1 cm³/mol. The summed E-state index contributed by atoms with van der Waals surface area (Å²) in [6, 6.07) is 9.81. The lowest BCUT2D eigenvalue weighted by Crippen LogP contribution is -2.00. The second-order valence-corrected chi connectivity index (χ2v) is 4.82. The molecule has 0 unspecified atom stereocenters. The molecule has 0 aliphatic rings. The largest absolute Gasteiger partial charge is 0.344 e. The topological polar surface area (TPSA) is 58.6 Å². The fourth-order valence-electron chi connectivity index (χ4n) is 2.16. The number of hydrogen-bond donors (Lipinski definition) is 1. The number of aromatic amines is 1. The first-order valence-corrected chi connectivity index (χ1v) is 6.78. The molecule has 0 fully saturated rings. The van der Waals surface area contributed by atoms with Crippen LogP contribution in [0.5, 0.6) is 0 Å². The highest BCUT2D eigenvalue weighted by molar-refractivity contribution is 6.14. The monoisotopic (exact) mass is 277 g/mol. The van der Waals surface area contributed by atoms with E-state index in [2.05, 4.69) is 15.0 Å². The standard InChI is InChI=1S/C17H15N3O/c1-3-11(2)16(21)13-9-18-17-15(13)20-14(10-19-17)12-7-5-4-6-8-12/h3-10H,1-2H3,(H,18,19). The van der Waals surface area contributed by atoms with Gasteiger partial charge in [0.15, 0.2) is 11.4 Å². The second-order valence-electron chi connectivity index (χ2n) is 4.82. The third-order valence-electron chi connectivity index (χ3n) is 3.49. The molecule has 104 valence electrons. The van der Waals surface area contributed by atoms with Crippen LogP contribution in [0, 0.1) is 0 Å². The van der Waals surface area contributed by atoms with E-state index in [1.165, 1.54) is 0 Å². The van der Waals surface area contributed by atoms with E-state index in [1.807, 2.05) is 37.3 Å². The van der Waals surface area contributed by atoms with Gasteiger partial charge in [-0.3, -0.25) is 4.79 Å². The van der Waals surface area contributed by atoms with Crippen LogP contribution < -0.4 is 0 Å². The van der Waals surface area contributed by atoms with Crippen molar-refractivity contribution in [3.05, 3.63) is 59.9 Å². The molecule has 0 bridgehead atoms. The lowest BCUT2D eigenvalue weighted by molar-refractivity contribution is 0.103. The SMILES string of the molecule is CC=C(C)C(=O)c1c[nH]c2ncc(-c3ccccc3)nc12. The zero-order valence-corrected chi connectivity index (χ0v) is 11.9. The van der Waals surface area contributed by atoms with Gasteiger partial charge in [-0.15, -0.1) is 0 Å². The average Bonchev–Trinajstić information content (AvgIpc) is 2.97. The summed E-state index contributed by atoms with van der Waals surface area (Å²) in [6.45, 7) is 3.65. The molecule has 0 atom stereocenters.